The van der Waals surface area contributed by atoms with Gasteiger partial charge in [0.1, 0.15) is 6.54 Å². The van der Waals surface area contributed by atoms with E-state index in [4.69, 9.17) is 0 Å². The molecular weight excluding hydrogens is 340 g/mol. The van der Waals surface area contributed by atoms with Gasteiger partial charge in [0.05, 0.1) is 17.3 Å². The van der Waals surface area contributed by atoms with Crippen LogP contribution in [0.25, 0.3) is 10.9 Å². The Labute approximate surface area is 159 Å². The Bertz CT molecular complexity index is 1080. The highest BCUT2D eigenvalue weighted by atomic mass is 16.2. The molecule has 2 heterocycles. The second kappa shape index (κ2) is 7.02. The van der Waals surface area contributed by atoms with Crippen LogP contribution in [0.1, 0.15) is 35.6 Å². The summed E-state index contributed by atoms with van der Waals surface area (Å²) in [5, 5.41) is 5.09. The van der Waals surface area contributed by atoms with Crippen LogP contribution in [0.2, 0.25) is 0 Å². The lowest BCUT2D eigenvalue weighted by atomic mass is 10.1. The highest BCUT2D eigenvalue weighted by Gasteiger charge is 2.24. The molecule has 0 aliphatic rings. The number of fused-ring (bicyclic) bond motifs is 1. The van der Waals surface area contributed by atoms with E-state index in [0.29, 0.717) is 5.39 Å². The summed E-state index contributed by atoms with van der Waals surface area (Å²) in [5.74, 6) is -0.0120. The fourth-order valence-corrected chi connectivity index (χ4v) is 3.71. The number of para-hydroxylation sites is 1. The summed E-state index contributed by atoms with van der Waals surface area (Å²) in [6.45, 7) is 8.05. The van der Waals surface area contributed by atoms with Crippen molar-refractivity contribution >= 4 is 16.8 Å². The van der Waals surface area contributed by atoms with Crippen LogP contribution in [0.5, 0.6) is 0 Å². The summed E-state index contributed by atoms with van der Waals surface area (Å²) in [4.78, 5) is 27.0. The highest BCUT2D eigenvalue weighted by molar-refractivity contribution is 5.82. The Morgan fingerprint density at radius 1 is 1.22 bits per heavy atom. The number of hydrogen-bond acceptors (Lipinski definition) is 3. The molecule has 1 aromatic carbocycles. The van der Waals surface area contributed by atoms with E-state index < -0.39 is 0 Å². The van der Waals surface area contributed by atoms with Crippen molar-refractivity contribution in [2.45, 2.75) is 40.3 Å². The molecule has 1 amide bonds. The molecule has 2 aromatic heterocycles. The maximum atomic E-state index is 13.0. The Morgan fingerprint density at radius 2 is 1.89 bits per heavy atom. The Kier molecular flexibility index (Phi) is 4.91. The average Bonchev–Trinajstić information content (AvgIpc) is 2.89. The first-order valence-corrected chi connectivity index (χ1v) is 9.07. The number of carbonyl (C=O) groups excluding carboxylic acids is 1. The molecule has 3 rings (SSSR count). The average molecular weight is 366 g/mol. The number of pyridine rings is 1. The van der Waals surface area contributed by atoms with Crippen molar-refractivity contribution in [2.75, 3.05) is 7.05 Å². The van der Waals surface area contributed by atoms with Crippen LogP contribution in [0, 0.1) is 20.8 Å². The number of carbonyl (C=O) groups is 1. The second-order valence-corrected chi connectivity index (χ2v) is 7.14. The predicted octanol–water partition coefficient (Wildman–Crippen LogP) is 2.88. The third kappa shape index (κ3) is 3.27. The van der Waals surface area contributed by atoms with Crippen LogP contribution in [0.4, 0.5) is 0 Å². The molecule has 0 spiro atoms. The molecule has 0 bridgehead atoms. The van der Waals surface area contributed by atoms with Gasteiger partial charge in [-0.2, -0.15) is 5.10 Å². The normalized spacial score (nSPS) is 12.4. The molecule has 1 atom stereocenters. The number of amides is 1. The van der Waals surface area contributed by atoms with Gasteiger partial charge in [-0.1, -0.05) is 12.1 Å². The van der Waals surface area contributed by atoms with E-state index >= 15 is 0 Å². The van der Waals surface area contributed by atoms with E-state index in [9.17, 15) is 9.59 Å². The minimum Gasteiger partial charge on any atom is -0.337 e. The summed E-state index contributed by atoms with van der Waals surface area (Å²) in [7, 11) is 3.73. The monoisotopic (exact) mass is 366 g/mol. The molecular formula is C21H26N4O2. The van der Waals surface area contributed by atoms with E-state index in [-0.39, 0.29) is 23.9 Å². The van der Waals surface area contributed by atoms with Gasteiger partial charge in [0.25, 0.3) is 0 Å². The molecule has 0 aliphatic heterocycles. The lowest BCUT2D eigenvalue weighted by Crippen LogP contribution is -2.33. The fourth-order valence-electron chi connectivity index (χ4n) is 3.71. The molecule has 3 aromatic rings. The summed E-state index contributed by atoms with van der Waals surface area (Å²) in [6.07, 6.45) is 0. The number of hydrogen-bond donors (Lipinski definition) is 0. The molecule has 27 heavy (non-hydrogen) atoms. The van der Waals surface area contributed by atoms with Crippen LogP contribution in [-0.2, 0) is 18.4 Å². The third-order valence-electron chi connectivity index (χ3n) is 5.48. The van der Waals surface area contributed by atoms with Crippen molar-refractivity contribution in [1.82, 2.24) is 19.2 Å². The Morgan fingerprint density at radius 3 is 2.52 bits per heavy atom. The topological polar surface area (TPSA) is 60.1 Å². The van der Waals surface area contributed by atoms with Crippen molar-refractivity contribution in [3.05, 3.63) is 63.2 Å². The van der Waals surface area contributed by atoms with E-state index in [1.165, 1.54) is 0 Å². The molecule has 0 N–H and O–H groups in total. The van der Waals surface area contributed by atoms with Crippen molar-refractivity contribution in [1.29, 1.82) is 0 Å². The van der Waals surface area contributed by atoms with Crippen LogP contribution >= 0.6 is 0 Å². The number of aromatic nitrogens is 3. The van der Waals surface area contributed by atoms with Crippen molar-refractivity contribution in [3.63, 3.8) is 0 Å². The van der Waals surface area contributed by atoms with Gasteiger partial charge in [-0.15, -0.1) is 0 Å². The zero-order valence-electron chi connectivity index (χ0n) is 16.8. The van der Waals surface area contributed by atoms with Crippen LogP contribution in [0.3, 0.4) is 0 Å². The SMILES string of the molecule is Cc1nn(C)c(C)c1[C@@H](C)N(C)C(=O)Cn1c(C)cc(=O)c2ccccc21. The van der Waals surface area contributed by atoms with Gasteiger partial charge in [-0.25, -0.2) is 0 Å². The van der Waals surface area contributed by atoms with Gasteiger partial charge in [-0.3, -0.25) is 14.3 Å². The van der Waals surface area contributed by atoms with Gasteiger partial charge >= 0.3 is 0 Å². The highest BCUT2D eigenvalue weighted by Crippen LogP contribution is 2.25. The molecule has 0 saturated heterocycles. The number of likely N-dealkylation sites (N-methyl/N-ethyl adjacent to an activating group) is 1. The molecule has 0 unspecified atom stereocenters. The largest absolute Gasteiger partial charge is 0.337 e. The van der Waals surface area contributed by atoms with Gasteiger partial charge in [0, 0.05) is 42.5 Å². The van der Waals surface area contributed by atoms with Gasteiger partial charge in [0.2, 0.25) is 5.91 Å². The minimum absolute atomic E-state index is 0.0120. The predicted molar refractivity (Wildman–Crippen MR) is 107 cm³/mol. The quantitative estimate of drug-likeness (QED) is 0.713. The summed E-state index contributed by atoms with van der Waals surface area (Å²) >= 11 is 0. The van der Waals surface area contributed by atoms with Crippen LogP contribution < -0.4 is 5.43 Å². The van der Waals surface area contributed by atoms with Crippen molar-refractivity contribution in [2.24, 2.45) is 7.05 Å². The molecule has 6 heteroatoms. The maximum absolute atomic E-state index is 13.0. The van der Waals surface area contributed by atoms with Crippen LogP contribution in [0.15, 0.2) is 35.1 Å². The number of aryl methyl sites for hydroxylation is 3. The minimum atomic E-state index is -0.0860. The number of rotatable bonds is 4. The number of benzene rings is 1. The third-order valence-corrected chi connectivity index (χ3v) is 5.48. The van der Waals surface area contributed by atoms with Gasteiger partial charge in [0.15, 0.2) is 5.43 Å². The molecule has 142 valence electrons. The van der Waals surface area contributed by atoms with E-state index in [0.717, 1.165) is 28.2 Å². The Balaban J connectivity index is 1.94. The van der Waals surface area contributed by atoms with Gasteiger partial charge < -0.3 is 9.47 Å². The van der Waals surface area contributed by atoms with Crippen LogP contribution in [-0.4, -0.2) is 32.2 Å². The summed E-state index contributed by atoms with van der Waals surface area (Å²) < 4.78 is 3.75. The molecule has 0 radical (unpaired) electrons. The van der Waals surface area contributed by atoms with Crippen molar-refractivity contribution in [3.8, 4) is 0 Å². The molecule has 0 fully saturated rings. The second-order valence-electron chi connectivity index (χ2n) is 7.14. The lowest BCUT2D eigenvalue weighted by Gasteiger charge is -2.27. The Hall–Kier alpha value is -2.89. The zero-order valence-corrected chi connectivity index (χ0v) is 16.8. The molecule has 0 aliphatic carbocycles. The molecule has 0 saturated carbocycles. The standard InChI is InChI=1S/C21H26N4O2/c1-13-11-19(26)17-9-7-8-10-18(17)25(13)12-20(27)23(5)15(3)21-14(2)22-24(6)16(21)4/h7-11,15H,12H2,1-6H3/t15-/m1/s1. The number of nitrogens with zero attached hydrogens (tertiary/aromatic N) is 4. The first-order chi connectivity index (χ1) is 12.7. The van der Waals surface area contributed by atoms with E-state index in [1.807, 2.05) is 69.2 Å². The fraction of sp³-hybridized carbons (Fsp3) is 0.381. The van der Waals surface area contributed by atoms with Crippen molar-refractivity contribution < 1.29 is 4.79 Å². The summed E-state index contributed by atoms with van der Waals surface area (Å²) in [5.41, 5.74) is 4.62. The van der Waals surface area contributed by atoms with E-state index in [2.05, 4.69) is 5.10 Å². The van der Waals surface area contributed by atoms with Gasteiger partial charge in [-0.05, 0) is 39.8 Å². The molecule has 6 nitrogen and oxygen atoms in total. The zero-order chi connectivity index (χ0) is 19.9. The maximum Gasteiger partial charge on any atom is 0.242 e. The lowest BCUT2D eigenvalue weighted by molar-refractivity contribution is -0.132. The summed E-state index contributed by atoms with van der Waals surface area (Å²) in [6, 6.07) is 8.92. The first kappa shape index (κ1) is 18.9. The van der Waals surface area contributed by atoms with E-state index in [1.54, 1.807) is 17.0 Å². The smallest absolute Gasteiger partial charge is 0.242 e. The first-order valence-electron chi connectivity index (χ1n) is 9.07.